The lowest BCUT2D eigenvalue weighted by molar-refractivity contribution is -0.130. The Morgan fingerprint density at radius 2 is 1.87 bits per heavy atom. The van der Waals surface area contributed by atoms with Gasteiger partial charge in [-0.1, -0.05) is 29.8 Å². The molecule has 1 unspecified atom stereocenters. The van der Waals surface area contributed by atoms with Crippen molar-refractivity contribution in [2.45, 2.75) is 10.9 Å². The molecule has 1 fully saturated rings. The highest BCUT2D eigenvalue weighted by atomic mass is 35.5. The van der Waals surface area contributed by atoms with E-state index in [0.717, 1.165) is 10.7 Å². The lowest BCUT2D eigenvalue weighted by Gasteiger charge is -2.35. The molecule has 3 N–H and O–H groups in total. The number of aromatic nitrogens is 1. The van der Waals surface area contributed by atoms with E-state index in [2.05, 4.69) is 9.71 Å². The molecule has 0 bridgehead atoms. The summed E-state index contributed by atoms with van der Waals surface area (Å²) in [5, 5.41) is 9.54. The topological polar surface area (TPSA) is 115 Å². The average molecular weight is 472 g/mol. The Morgan fingerprint density at radius 1 is 1.17 bits per heavy atom. The number of rotatable bonds is 8. The number of hydrogen-bond donors (Lipinski definition) is 3. The molecule has 2 heterocycles. The molecule has 9 nitrogen and oxygen atoms in total. The Kier molecular flexibility index (Phi) is 7.92. The molecule has 2 aromatic rings. The lowest BCUT2D eigenvalue weighted by atomic mass is 10.3. The standard InChI is InChI=1S/C18H22ClN5O4S2/c19-14-6-7-17(20-12-14)23-8-10-24(11-9-23)30(27,28)22-16(18(25)21-26)13-29-15-4-2-1-3-5-15/h1-7,12,16,22,26H,8-11,13H2,(H,21,25). The van der Waals surface area contributed by atoms with Crippen molar-refractivity contribution in [2.75, 3.05) is 36.8 Å². The van der Waals surface area contributed by atoms with Gasteiger partial charge in [-0.25, -0.2) is 10.5 Å². The van der Waals surface area contributed by atoms with Gasteiger partial charge in [0.05, 0.1) is 5.02 Å². The van der Waals surface area contributed by atoms with Gasteiger partial charge >= 0.3 is 0 Å². The van der Waals surface area contributed by atoms with Crippen molar-refractivity contribution in [3.63, 3.8) is 0 Å². The molecule has 0 radical (unpaired) electrons. The van der Waals surface area contributed by atoms with E-state index in [9.17, 15) is 13.2 Å². The highest BCUT2D eigenvalue weighted by molar-refractivity contribution is 7.99. The maximum Gasteiger partial charge on any atom is 0.280 e. The molecule has 0 aliphatic carbocycles. The van der Waals surface area contributed by atoms with Crippen LogP contribution in [0.4, 0.5) is 5.82 Å². The minimum absolute atomic E-state index is 0.129. The summed E-state index contributed by atoms with van der Waals surface area (Å²) >= 11 is 7.17. The number of thioether (sulfide) groups is 1. The highest BCUT2D eigenvalue weighted by Gasteiger charge is 2.31. The lowest BCUT2D eigenvalue weighted by Crippen LogP contribution is -2.56. The van der Waals surface area contributed by atoms with Gasteiger partial charge in [0, 0.05) is 43.0 Å². The first kappa shape index (κ1) is 22.8. The molecule has 30 heavy (non-hydrogen) atoms. The minimum Gasteiger partial charge on any atom is -0.354 e. The molecule has 1 saturated heterocycles. The molecule has 162 valence electrons. The second-order valence-electron chi connectivity index (χ2n) is 6.50. The molecule has 3 rings (SSSR count). The van der Waals surface area contributed by atoms with Crippen molar-refractivity contribution in [2.24, 2.45) is 0 Å². The number of piperazine rings is 1. The fourth-order valence-electron chi connectivity index (χ4n) is 2.90. The third-order valence-corrected chi connectivity index (χ3v) is 7.45. The zero-order valence-corrected chi connectivity index (χ0v) is 18.3. The van der Waals surface area contributed by atoms with Crippen LogP contribution in [0.3, 0.4) is 0 Å². The number of benzene rings is 1. The Morgan fingerprint density at radius 3 is 2.47 bits per heavy atom. The Labute approximate surface area is 184 Å². The summed E-state index contributed by atoms with van der Waals surface area (Å²) in [6.45, 7) is 1.37. The summed E-state index contributed by atoms with van der Waals surface area (Å²) in [5.74, 6) is 0.0387. The first-order valence-corrected chi connectivity index (χ1v) is 11.9. The maximum atomic E-state index is 12.8. The summed E-state index contributed by atoms with van der Waals surface area (Å²) in [5.41, 5.74) is 1.53. The van der Waals surface area contributed by atoms with E-state index >= 15 is 0 Å². The van der Waals surface area contributed by atoms with Crippen LogP contribution in [0.5, 0.6) is 0 Å². The molecular formula is C18H22ClN5O4S2. The van der Waals surface area contributed by atoms with Crippen LogP contribution >= 0.6 is 23.4 Å². The van der Waals surface area contributed by atoms with E-state index in [1.807, 2.05) is 35.2 Å². The predicted molar refractivity (Wildman–Crippen MR) is 116 cm³/mol. The van der Waals surface area contributed by atoms with Crippen LogP contribution in [0.1, 0.15) is 0 Å². The van der Waals surface area contributed by atoms with Gasteiger partial charge in [-0.15, -0.1) is 11.8 Å². The number of amides is 1. The Hall–Kier alpha value is -1.89. The van der Waals surface area contributed by atoms with Gasteiger partial charge in [0.2, 0.25) is 0 Å². The molecule has 1 amide bonds. The fraction of sp³-hybridized carbons (Fsp3) is 0.333. The zero-order valence-electron chi connectivity index (χ0n) is 15.9. The van der Waals surface area contributed by atoms with E-state index in [0.29, 0.717) is 18.1 Å². The smallest absolute Gasteiger partial charge is 0.280 e. The molecule has 1 aliphatic heterocycles. The van der Waals surface area contributed by atoms with Gasteiger partial charge in [0.25, 0.3) is 16.1 Å². The quantitative estimate of drug-likeness (QED) is 0.302. The number of hydrogen-bond acceptors (Lipinski definition) is 7. The average Bonchev–Trinajstić information content (AvgIpc) is 2.77. The monoisotopic (exact) mass is 471 g/mol. The summed E-state index contributed by atoms with van der Waals surface area (Å²) in [7, 11) is -3.92. The molecule has 1 aromatic carbocycles. The van der Waals surface area contributed by atoms with Crippen LogP contribution in [0.25, 0.3) is 0 Å². The van der Waals surface area contributed by atoms with Crippen molar-refractivity contribution in [3.8, 4) is 0 Å². The molecule has 1 aliphatic rings. The van der Waals surface area contributed by atoms with E-state index < -0.39 is 22.2 Å². The zero-order chi connectivity index (χ0) is 21.6. The van der Waals surface area contributed by atoms with E-state index in [-0.39, 0.29) is 18.8 Å². The first-order chi connectivity index (χ1) is 14.4. The first-order valence-electron chi connectivity index (χ1n) is 9.15. The van der Waals surface area contributed by atoms with E-state index in [4.69, 9.17) is 16.8 Å². The Bertz CT molecular complexity index is 939. The minimum atomic E-state index is -3.92. The van der Waals surface area contributed by atoms with Crippen LogP contribution in [0, 0.1) is 0 Å². The van der Waals surface area contributed by atoms with Gasteiger partial charge in [-0.3, -0.25) is 10.0 Å². The van der Waals surface area contributed by atoms with Crippen molar-refractivity contribution in [1.29, 1.82) is 0 Å². The molecule has 1 aromatic heterocycles. The largest absolute Gasteiger partial charge is 0.354 e. The number of anilines is 1. The van der Waals surface area contributed by atoms with Crippen LogP contribution in [0.15, 0.2) is 53.6 Å². The van der Waals surface area contributed by atoms with Crippen LogP contribution in [-0.4, -0.2) is 66.8 Å². The summed E-state index contributed by atoms with van der Waals surface area (Å²) < 4.78 is 29.3. The number of carbonyl (C=O) groups excluding carboxylic acids is 1. The van der Waals surface area contributed by atoms with Gasteiger partial charge in [0.1, 0.15) is 11.9 Å². The predicted octanol–water partition coefficient (Wildman–Crippen LogP) is 1.36. The van der Waals surface area contributed by atoms with Gasteiger partial charge in [-0.2, -0.15) is 17.4 Å². The third kappa shape index (κ3) is 6.06. The van der Waals surface area contributed by atoms with Crippen molar-refractivity contribution >= 4 is 45.3 Å². The molecule has 0 spiro atoms. The maximum absolute atomic E-state index is 12.8. The number of carbonyl (C=O) groups is 1. The summed E-state index contributed by atoms with van der Waals surface area (Å²) in [6, 6.07) is 11.7. The molecule has 12 heteroatoms. The van der Waals surface area contributed by atoms with Crippen molar-refractivity contribution in [1.82, 2.24) is 19.5 Å². The number of nitrogens with one attached hydrogen (secondary N) is 2. The number of halogens is 1. The van der Waals surface area contributed by atoms with Crippen LogP contribution < -0.4 is 15.1 Å². The summed E-state index contributed by atoms with van der Waals surface area (Å²) in [6.07, 6.45) is 1.55. The number of hydroxylamine groups is 1. The van der Waals surface area contributed by atoms with E-state index in [1.54, 1.807) is 18.3 Å². The SMILES string of the molecule is O=C(NO)C(CSc1ccccc1)NS(=O)(=O)N1CCN(c2ccc(Cl)cn2)CC1. The summed E-state index contributed by atoms with van der Waals surface area (Å²) in [4.78, 5) is 19.1. The highest BCUT2D eigenvalue weighted by Crippen LogP contribution is 2.20. The van der Waals surface area contributed by atoms with Crippen LogP contribution in [-0.2, 0) is 15.0 Å². The van der Waals surface area contributed by atoms with Gasteiger partial charge < -0.3 is 4.90 Å². The second kappa shape index (κ2) is 10.4. The van der Waals surface area contributed by atoms with E-state index in [1.165, 1.54) is 21.5 Å². The van der Waals surface area contributed by atoms with Gasteiger partial charge in [0.15, 0.2) is 0 Å². The van der Waals surface area contributed by atoms with Crippen molar-refractivity contribution < 1.29 is 18.4 Å². The number of nitrogens with zero attached hydrogens (tertiary/aromatic N) is 3. The molecule has 1 atom stereocenters. The Balaban J connectivity index is 1.60. The molecular weight excluding hydrogens is 450 g/mol. The normalized spacial score (nSPS) is 16.3. The van der Waals surface area contributed by atoms with Crippen molar-refractivity contribution in [3.05, 3.63) is 53.7 Å². The molecule has 0 saturated carbocycles. The van der Waals surface area contributed by atoms with Crippen LogP contribution in [0.2, 0.25) is 5.02 Å². The fourth-order valence-corrected chi connectivity index (χ4v) is 5.41. The second-order valence-corrected chi connectivity index (χ2v) is 9.73. The third-order valence-electron chi connectivity index (χ3n) is 4.49. The number of pyridine rings is 1. The van der Waals surface area contributed by atoms with Gasteiger partial charge in [-0.05, 0) is 24.3 Å².